The fourth-order valence-electron chi connectivity index (χ4n) is 3.71. The lowest BCUT2D eigenvalue weighted by Gasteiger charge is -2.14. The average molecular weight is 469 g/mol. The van der Waals surface area contributed by atoms with Gasteiger partial charge in [-0.15, -0.1) is 0 Å². The van der Waals surface area contributed by atoms with E-state index in [0.29, 0.717) is 36.6 Å². The first-order valence-electron chi connectivity index (χ1n) is 10.4. The summed E-state index contributed by atoms with van der Waals surface area (Å²) in [6, 6.07) is 3.79. The predicted octanol–water partition coefficient (Wildman–Crippen LogP) is 7.99. The van der Waals surface area contributed by atoms with Crippen molar-refractivity contribution in [1.29, 1.82) is 0 Å². The molecular formula is C25H20F7O. The van der Waals surface area contributed by atoms with Crippen LogP contribution in [-0.4, -0.2) is 0 Å². The molecule has 3 rings (SSSR count). The Bertz CT molecular complexity index is 1130. The quantitative estimate of drug-likeness (QED) is 0.181. The molecule has 33 heavy (non-hydrogen) atoms. The monoisotopic (exact) mass is 469 g/mol. The van der Waals surface area contributed by atoms with Crippen molar-refractivity contribution < 1.29 is 35.8 Å². The van der Waals surface area contributed by atoms with Crippen LogP contribution in [0.25, 0.3) is 11.1 Å². The fraction of sp³-hybridized carbons (Fsp3) is 0.280. The molecule has 0 fully saturated rings. The molecule has 0 atom stereocenters. The lowest BCUT2D eigenvalue weighted by atomic mass is 9.94. The summed E-state index contributed by atoms with van der Waals surface area (Å²) in [6.45, 7) is 1.97. The maximum Gasteiger partial charge on any atom is 0.194 e. The van der Waals surface area contributed by atoms with E-state index in [1.165, 1.54) is 0 Å². The van der Waals surface area contributed by atoms with Crippen LogP contribution in [0.1, 0.15) is 42.9 Å². The van der Waals surface area contributed by atoms with Crippen molar-refractivity contribution in [2.45, 2.75) is 45.4 Å². The third-order valence-electron chi connectivity index (χ3n) is 5.41. The Balaban J connectivity index is 1.97. The second-order valence-electron chi connectivity index (χ2n) is 7.79. The van der Waals surface area contributed by atoms with Crippen molar-refractivity contribution in [2.75, 3.05) is 0 Å². The number of unbranched alkanes of at least 4 members (excludes halogenated alkanes) is 2. The van der Waals surface area contributed by atoms with Crippen LogP contribution < -0.4 is 0 Å². The number of hydrogen-bond donors (Lipinski definition) is 0. The Morgan fingerprint density at radius 2 is 1.12 bits per heavy atom. The average Bonchev–Trinajstić information content (AvgIpc) is 2.73. The molecule has 0 saturated heterocycles. The standard InChI is InChI=1S/C25H20F7O/c1-2-3-4-5-13-8-17(27)22(18(28)9-13)23-21(33)12-16(26)15(24(23)31)7-6-14-10-19(29)25(32)20(30)11-14/h8-12H,2-7H2,1H3. The van der Waals surface area contributed by atoms with Crippen molar-refractivity contribution in [3.8, 4) is 16.9 Å². The van der Waals surface area contributed by atoms with E-state index in [1.54, 1.807) is 0 Å². The summed E-state index contributed by atoms with van der Waals surface area (Å²) in [6.07, 6.45) is 2.04. The van der Waals surface area contributed by atoms with Gasteiger partial charge in [0.2, 0.25) is 0 Å². The van der Waals surface area contributed by atoms with Crippen LogP contribution in [0.5, 0.6) is 5.75 Å². The maximum atomic E-state index is 15.1. The molecule has 0 amide bonds. The molecule has 3 aromatic carbocycles. The summed E-state index contributed by atoms with van der Waals surface area (Å²) in [5.74, 6) is -10.9. The van der Waals surface area contributed by atoms with Crippen molar-refractivity contribution >= 4 is 0 Å². The van der Waals surface area contributed by atoms with Crippen LogP contribution in [0.3, 0.4) is 0 Å². The van der Waals surface area contributed by atoms with E-state index in [-0.39, 0.29) is 12.0 Å². The topological polar surface area (TPSA) is 19.9 Å². The van der Waals surface area contributed by atoms with Gasteiger partial charge in [-0.25, -0.2) is 30.7 Å². The van der Waals surface area contributed by atoms with Gasteiger partial charge in [-0.3, -0.25) is 5.11 Å². The summed E-state index contributed by atoms with van der Waals surface area (Å²) in [5.41, 5.74) is -2.29. The van der Waals surface area contributed by atoms with Gasteiger partial charge in [0.05, 0.1) is 11.1 Å². The molecule has 0 saturated carbocycles. The van der Waals surface area contributed by atoms with Crippen LogP contribution >= 0.6 is 0 Å². The Morgan fingerprint density at radius 1 is 0.576 bits per heavy atom. The molecule has 175 valence electrons. The molecule has 0 bridgehead atoms. The fourth-order valence-corrected chi connectivity index (χ4v) is 3.71. The van der Waals surface area contributed by atoms with Gasteiger partial charge < -0.3 is 0 Å². The second kappa shape index (κ2) is 10.3. The molecule has 1 radical (unpaired) electrons. The summed E-state index contributed by atoms with van der Waals surface area (Å²) in [4.78, 5) is 0. The highest BCUT2D eigenvalue weighted by Crippen LogP contribution is 2.39. The molecule has 0 unspecified atom stereocenters. The highest BCUT2D eigenvalue weighted by Gasteiger charge is 2.26. The smallest absolute Gasteiger partial charge is 0.194 e. The van der Waals surface area contributed by atoms with E-state index < -0.39 is 69.6 Å². The molecular weight excluding hydrogens is 449 g/mol. The summed E-state index contributed by atoms with van der Waals surface area (Å²) in [7, 11) is 0. The van der Waals surface area contributed by atoms with Crippen molar-refractivity contribution in [3.05, 3.63) is 87.7 Å². The zero-order valence-corrected chi connectivity index (χ0v) is 17.7. The lowest BCUT2D eigenvalue weighted by Crippen LogP contribution is -2.04. The zero-order valence-electron chi connectivity index (χ0n) is 17.7. The van der Waals surface area contributed by atoms with Gasteiger partial charge in [0.15, 0.2) is 23.2 Å². The van der Waals surface area contributed by atoms with Crippen molar-refractivity contribution in [1.82, 2.24) is 0 Å². The molecule has 0 aliphatic rings. The first-order chi connectivity index (χ1) is 15.6. The molecule has 0 aromatic heterocycles. The number of hydrogen-bond acceptors (Lipinski definition) is 0. The summed E-state index contributed by atoms with van der Waals surface area (Å²) < 4.78 is 98.8. The van der Waals surface area contributed by atoms with Crippen LogP contribution in [0, 0.1) is 40.7 Å². The maximum absolute atomic E-state index is 15.1. The lowest BCUT2D eigenvalue weighted by molar-refractivity contribution is 0.349. The first-order valence-corrected chi connectivity index (χ1v) is 10.4. The van der Waals surface area contributed by atoms with E-state index in [4.69, 9.17) is 0 Å². The molecule has 0 heterocycles. The number of halogens is 7. The Morgan fingerprint density at radius 3 is 1.70 bits per heavy atom. The number of aryl methyl sites for hydroxylation is 2. The van der Waals surface area contributed by atoms with E-state index in [0.717, 1.165) is 25.0 Å². The third kappa shape index (κ3) is 5.31. The van der Waals surface area contributed by atoms with Crippen molar-refractivity contribution in [3.63, 3.8) is 0 Å². The molecule has 0 aliphatic carbocycles. The molecule has 0 spiro atoms. The van der Waals surface area contributed by atoms with Gasteiger partial charge in [-0.05, 0) is 61.1 Å². The Hall–Kier alpha value is -3.03. The van der Waals surface area contributed by atoms with E-state index >= 15 is 4.39 Å². The number of rotatable bonds is 8. The molecule has 3 aromatic rings. The highest BCUT2D eigenvalue weighted by molar-refractivity contribution is 5.73. The van der Waals surface area contributed by atoms with Gasteiger partial charge >= 0.3 is 0 Å². The van der Waals surface area contributed by atoms with E-state index in [9.17, 15) is 31.4 Å². The zero-order chi connectivity index (χ0) is 24.3. The van der Waals surface area contributed by atoms with Gasteiger partial charge in [-0.2, -0.15) is 0 Å². The number of benzene rings is 3. The van der Waals surface area contributed by atoms with Gasteiger partial charge in [0.25, 0.3) is 0 Å². The Labute approximate surface area is 186 Å². The summed E-state index contributed by atoms with van der Waals surface area (Å²) >= 11 is 0. The largest absolute Gasteiger partial charge is 0.289 e. The highest BCUT2D eigenvalue weighted by atomic mass is 19.2. The van der Waals surface area contributed by atoms with Crippen LogP contribution in [-0.2, 0) is 24.4 Å². The minimum Gasteiger partial charge on any atom is -0.289 e. The summed E-state index contributed by atoms with van der Waals surface area (Å²) in [5, 5.41) is 12.3. The van der Waals surface area contributed by atoms with Gasteiger partial charge in [-0.1, -0.05) is 19.8 Å². The van der Waals surface area contributed by atoms with Gasteiger partial charge in [0, 0.05) is 11.6 Å². The first kappa shape index (κ1) is 24.6. The predicted molar refractivity (Wildman–Crippen MR) is 109 cm³/mol. The minimum absolute atomic E-state index is 0.0910. The normalized spacial score (nSPS) is 11.3. The third-order valence-corrected chi connectivity index (χ3v) is 5.41. The van der Waals surface area contributed by atoms with Gasteiger partial charge in [0.1, 0.15) is 23.3 Å². The SMILES string of the molecule is CCCCCc1cc(F)c(-c2c([O])cc(F)c(CCc3cc(F)c(F)c(F)c3)c2F)c(F)c1. The van der Waals surface area contributed by atoms with Crippen LogP contribution in [0.4, 0.5) is 30.7 Å². The van der Waals surface area contributed by atoms with Crippen LogP contribution in [0.15, 0.2) is 30.3 Å². The molecule has 0 aliphatic heterocycles. The van der Waals surface area contributed by atoms with E-state index in [2.05, 4.69) is 0 Å². The molecule has 1 nitrogen and oxygen atoms in total. The minimum atomic E-state index is -1.68. The Kier molecular flexibility index (Phi) is 7.66. The van der Waals surface area contributed by atoms with Crippen molar-refractivity contribution in [2.24, 2.45) is 0 Å². The molecule has 8 heteroatoms. The van der Waals surface area contributed by atoms with E-state index in [1.807, 2.05) is 6.92 Å². The second-order valence-corrected chi connectivity index (χ2v) is 7.79. The van der Waals surface area contributed by atoms with Crippen LogP contribution in [0.2, 0.25) is 0 Å². The molecule has 0 N–H and O–H groups in total.